The molecule has 1 aromatic heterocycles. The number of hydrogen-bond donors (Lipinski definition) is 1. The summed E-state index contributed by atoms with van der Waals surface area (Å²) in [7, 11) is 0. The maximum atomic E-state index is 12.3. The van der Waals surface area contributed by atoms with Gasteiger partial charge >= 0.3 is 6.36 Å². The average molecular weight is 337 g/mol. The molecule has 6 nitrogen and oxygen atoms in total. The molecule has 2 fully saturated rings. The van der Waals surface area contributed by atoms with Gasteiger partial charge in [0.1, 0.15) is 5.75 Å². The van der Waals surface area contributed by atoms with E-state index in [1.54, 1.807) is 4.90 Å². The van der Waals surface area contributed by atoms with Crippen molar-refractivity contribution in [3.63, 3.8) is 0 Å². The molecule has 2 saturated heterocycles. The van der Waals surface area contributed by atoms with Gasteiger partial charge in [0.05, 0.1) is 17.1 Å². The molecule has 0 spiro atoms. The van der Waals surface area contributed by atoms with Gasteiger partial charge in [-0.2, -0.15) is 5.26 Å². The summed E-state index contributed by atoms with van der Waals surface area (Å²) in [5, 5.41) is 9.04. The summed E-state index contributed by atoms with van der Waals surface area (Å²) in [6.45, 7) is 2.22. The van der Waals surface area contributed by atoms with E-state index in [0.717, 1.165) is 19.5 Å². The van der Waals surface area contributed by atoms with Crippen LogP contribution in [0.4, 0.5) is 19.1 Å². The highest BCUT2D eigenvalue weighted by Crippen LogP contribution is 2.35. The Balaban J connectivity index is 1.60. The summed E-state index contributed by atoms with van der Waals surface area (Å²) >= 11 is 0. The Bertz CT molecular complexity index is 812. The van der Waals surface area contributed by atoms with Crippen LogP contribution in [0.15, 0.2) is 18.2 Å². The summed E-state index contributed by atoms with van der Waals surface area (Å²) < 4.78 is 40.9. The quantitative estimate of drug-likeness (QED) is 0.853. The molecule has 2 aromatic rings. The number of anilines is 1. The average Bonchev–Trinajstić information content (AvgIpc) is 3.16. The molecule has 0 aliphatic carbocycles. The molecule has 0 amide bonds. The number of hydrogen-bond acceptors (Lipinski definition) is 5. The maximum absolute atomic E-state index is 12.3. The highest BCUT2D eigenvalue weighted by atomic mass is 19.4. The number of nitriles is 1. The van der Waals surface area contributed by atoms with Crippen molar-refractivity contribution >= 4 is 17.0 Å². The van der Waals surface area contributed by atoms with Gasteiger partial charge in [-0.05, 0) is 18.6 Å². The van der Waals surface area contributed by atoms with Crippen LogP contribution in [0.1, 0.15) is 6.42 Å². The van der Waals surface area contributed by atoms with Crippen molar-refractivity contribution < 1.29 is 17.9 Å². The number of H-pyrrole nitrogens is 1. The second-order valence-electron chi connectivity index (χ2n) is 6.10. The lowest BCUT2D eigenvalue weighted by Crippen LogP contribution is -2.35. The predicted octanol–water partition coefficient (Wildman–Crippen LogP) is 2.45. The molecule has 9 heteroatoms. The molecular weight excluding hydrogens is 323 g/mol. The lowest BCUT2D eigenvalue weighted by atomic mass is 10.1. The van der Waals surface area contributed by atoms with Crippen LogP contribution >= 0.6 is 0 Å². The van der Waals surface area contributed by atoms with E-state index in [2.05, 4.69) is 25.8 Å². The number of ether oxygens (including phenoxy) is 1. The fourth-order valence-electron chi connectivity index (χ4n) is 3.61. The van der Waals surface area contributed by atoms with E-state index in [-0.39, 0.29) is 11.8 Å². The third-order valence-corrected chi connectivity index (χ3v) is 4.64. The van der Waals surface area contributed by atoms with Crippen LogP contribution in [-0.2, 0) is 0 Å². The van der Waals surface area contributed by atoms with E-state index in [4.69, 9.17) is 5.26 Å². The summed E-state index contributed by atoms with van der Waals surface area (Å²) in [6, 6.07) is 4.25. The van der Waals surface area contributed by atoms with Crippen molar-refractivity contribution in [2.24, 2.45) is 5.92 Å². The number of benzene rings is 1. The number of nitrogens with zero attached hydrogens (tertiary/aromatic N) is 4. The predicted molar refractivity (Wildman–Crippen MR) is 79.2 cm³/mol. The lowest BCUT2D eigenvalue weighted by Gasteiger charge is -2.22. The highest BCUT2D eigenvalue weighted by Gasteiger charge is 2.42. The van der Waals surface area contributed by atoms with E-state index in [0.29, 0.717) is 29.4 Å². The van der Waals surface area contributed by atoms with E-state index in [9.17, 15) is 13.2 Å². The molecule has 0 radical (unpaired) electrons. The normalized spacial score (nSPS) is 23.6. The van der Waals surface area contributed by atoms with Crippen molar-refractivity contribution in [1.82, 2.24) is 14.9 Å². The first kappa shape index (κ1) is 14.9. The van der Waals surface area contributed by atoms with Gasteiger partial charge in [-0.15, -0.1) is 13.2 Å². The zero-order valence-corrected chi connectivity index (χ0v) is 12.5. The number of aromatic amines is 1. The smallest absolute Gasteiger partial charge is 0.406 e. The van der Waals surface area contributed by atoms with E-state index in [1.165, 1.54) is 18.2 Å². The summed E-state index contributed by atoms with van der Waals surface area (Å²) in [6.07, 6.45) is -1.57. The maximum Gasteiger partial charge on any atom is 0.573 e. The Hall–Kier alpha value is -2.63. The van der Waals surface area contributed by atoms with Crippen molar-refractivity contribution in [3.8, 4) is 11.9 Å². The third kappa shape index (κ3) is 2.58. The number of fused-ring (bicyclic) bond motifs is 2. The van der Waals surface area contributed by atoms with Crippen molar-refractivity contribution in [3.05, 3.63) is 18.2 Å². The molecule has 0 bridgehead atoms. The largest absolute Gasteiger partial charge is 0.573 e. The second kappa shape index (κ2) is 5.19. The van der Waals surface area contributed by atoms with Crippen molar-refractivity contribution in [1.29, 1.82) is 5.26 Å². The molecule has 0 saturated carbocycles. The molecular formula is C15H14F3N5O. The standard InChI is InChI=1S/C15H14F3N5O/c16-15(17,18)24-10-1-2-11-12(5-10)21-14(20-11)23-4-3-9-6-22(8-19)7-13(9)23/h1-2,5,9,13H,3-4,6-7H2,(H,20,21). The van der Waals surface area contributed by atoms with Gasteiger partial charge in [-0.1, -0.05) is 0 Å². The Kier molecular flexibility index (Phi) is 3.23. The third-order valence-electron chi connectivity index (χ3n) is 4.64. The summed E-state index contributed by atoms with van der Waals surface area (Å²) in [4.78, 5) is 11.4. The number of imidazole rings is 1. The number of rotatable bonds is 2. The van der Waals surface area contributed by atoms with Crippen LogP contribution in [0.2, 0.25) is 0 Å². The Morgan fingerprint density at radius 3 is 2.92 bits per heavy atom. The van der Waals surface area contributed by atoms with E-state index >= 15 is 0 Å². The first-order valence-corrected chi connectivity index (χ1v) is 7.60. The van der Waals surface area contributed by atoms with Gasteiger partial charge < -0.3 is 19.5 Å². The first-order valence-electron chi connectivity index (χ1n) is 7.60. The van der Waals surface area contributed by atoms with Gasteiger partial charge in [-0.3, -0.25) is 0 Å². The van der Waals surface area contributed by atoms with Gasteiger partial charge in [-0.25, -0.2) is 4.98 Å². The lowest BCUT2D eigenvalue weighted by molar-refractivity contribution is -0.274. The molecule has 2 atom stereocenters. The first-order chi connectivity index (χ1) is 11.4. The number of aromatic nitrogens is 2. The Morgan fingerprint density at radius 1 is 1.33 bits per heavy atom. The van der Waals surface area contributed by atoms with Crippen LogP contribution in [0.25, 0.3) is 11.0 Å². The number of halogens is 3. The number of alkyl halides is 3. The summed E-state index contributed by atoms with van der Waals surface area (Å²) in [5.74, 6) is 0.768. The van der Waals surface area contributed by atoms with Crippen molar-refractivity contribution in [2.75, 3.05) is 24.5 Å². The molecule has 4 rings (SSSR count). The molecule has 126 valence electrons. The van der Waals surface area contributed by atoms with Crippen molar-refractivity contribution in [2.45, 2.75) is 18.8 Å². The van der Waals surface area contributed by atoms with Gasteiger partial charge in [0.15, 0.2) is 6.19 Å². The molecule has 2 unspecified atom stereocenters. The molecule has 2 aliphatic rings. The Morgan fingerprint density at radius 2 is 2.17 bits per heavy atom. The number of nitrogens with one attached hydrogen (secondary N) is 1. The monoisotopic (exact) mass is 337 g/mol. The van der Waals surface area contributed by atoms with E-state index in [1.807, 2.05) is 0 Å². The molecule has 3 heterocycles. The topological polar surface area (TPSA) is 68.2 Å². The fraction of sp³-hybridized carbons (Fsp3) is 0.467. The fourth-order valence-corrected chi connectivity index (χ4v) is 3.61. The Labute approximate surface area is 135 Å². The van der Waals surface area contributed by atoms with Crippen LogP contribution in [0, 0.1) is 17.4 Å². The van der Waals surface area contributed by atoms with Crippen LogP contribution < -0.4 is 9.64 Å². The van der Waals surface area contributed by atoms with Crippen LogP contribution in [0.5, 0.6) is 5.75 Å². The molecule has 1 aromatic carbocycles. The zero-order chi connectivity index (χ0) is 16.9. The zero-order valence-electron chi connectivity index (χ0n) is 12.5. The molecule has 2 aliphatic heterocycles. The minimum Gasteiger partial charge on any atom is -0.406 e. The second-order valence-corrected chi connectivity index (χ2v) is 6.10. The van der Waals surface area contributed by atoms with E-state index < -0.39 is 6.36 Å². The minimum atomic E-state index is -4.72. The number of likely N-dealkylation sites (tertiary alicyclic amines) is 1. The van der Waals surface area contributed by atoms with Gasteiger partial charge in [0.2, 0.25) is 5.95 Å². The molecule has 24 heavy (non-hydrogen) atoms. The summed E-state index contributed by atoms with van der Waals surface area (Å²) in [5.41, 5.74) is 1.07. The molecule has 1 N–H and O–H groups in total. The van der Waals surface area contributed by atoms with Crippen LogP contribution in [-0.4, -0.2) is 46.9 Å². The highest BCUT2D eigenvalue weighted by molar-refractivity contribution is 5.79. The van der Waals surface area contributed by atoms with Gasteiger partial charge in [0.25, 0.3) is 0 Å². The SMILES string of the molecule is N#CN1CC2CCN(c3nc4ccc(OC(F)(F)F)cc4[nH]3)C2C1. The van der Waals surface area contributed by atoms with Crippen LogP contribution in [0.3, 0.4) is 0 Å². The van der Waals surface area contributed by atoms with Gasteiger partial charge in [0, 0.05) is 31.6 Å². The minimum absolute atomic E-state index is 0.205.